The van der Waals surface area contributed by atoms with E-state index >= 15 is 0 Å². The van der Waals surface area contributed by atoms with Crippen molar-refractivity contribution in [2.45, 2.75) is 33.0 Å². The molecule has 33 heavy (non-hydrogen) atoms. The van der Waals surface area contributed by atoms with Crippen LogP contribution < -0.4 is 10.1 Å². The van der Waals surface area contributed by atoms with E-state index in [1.807, 2.05) is 18.2 Å². The number of hydrogen-bond acceptors (Lipinski definition) is 6. The lowest BCUT2D eigenvalue weighted by molar-refractivity contribution is -0.00780. The minimum atomic E-state index is -0.907. The monoisotopic (exact) mass is 455 g/mol. The number of nitrogens with zero attached hydrogens (tertiary/aromatic N) is 2. The molecule has 0 aromatic heterocycles. The number of halogens is 1. The first-order valence-electron chi connectivity index (χ1n) is 10.5. The largest absolute Gasteiger partial charge is 0.491 e. The molecule has 1 heterocycles. The van der Waals surface area contributed by atoms with Crippen molar-refractivity contribution >= 4 is 17.9 Å². The number of carbonyl (C=O) groups excluding carboxylic acids is 2. The zero-order valence-electron chi connectivity index (χ0n) is 18.8. The van der Waals surface area contributed by atoms with Gasteiger partial charge in [-0.05, 0) is 38.5 Å². The third kappa shape index (κ3) is 6.59. The topological polar surface area (TPSA) is 101 Å². The minimum Gasteiger partial charge on any atom is -0.491 e. The van der Waals surface area contributed by atoms with Crippen LogP contribution in [-0.4, -0.2) is 42.4 Å². The summed E-state index contributed by atoms with van der Waals surface area (Å²) in [5, 5.41) is 11.5. The number of carbonyl (C=O) groups is 2. The predicted molar refractivity (Wildman–Crippen MR) is 118 cm³/mol. The third-order valence-electron chi connectivity index (χ3n) is 4.75. The van der Waals surface area contributed by atoms with Crippen molar-refractivity contribution in [1.82, 2.24) is 4.90 Å². The van der Waals surface area contributed by atoms with Gasteiger partial charge in [-0.2, -0.15) is 5.26 Å². The van der Waals surface area contributed by atoms with Crippen molar-refractivity contribution in [2.24, 2.45) is 5.92 Å². The molecule has 1 N–H and O–H groups in total. The SMILES string of the molecule is CC(C)(C)OC(=O)N1CC(COc2ccc(C#N)c(F)c2NC(=O)OCc2ccccc2)C1. The van der Waals surface area contributed by atoms with Crippen LogP contribution in [0.3, 0.4) is 0 Å². The van der Waals surface area contributed by atoms with Crippen molar-refractivity contribution in [3.63, 3.8) is 0 Å². The molecule has 1 aliphatic rings. The number of amides is 2. The number of rotatable bonds is 6. The van der Waals surface area contributed by atoms with Crippen molar-refractivity contribution < 1.29 is 28.2 Å². The summed E-state index contributed by atoms with van der Waals surface area (Å²) in [4.78, 5) is 25.8. The van der Waals surface area contributed by atoms with E-state index in [1.54, 1.807) is 43.9 Å². The van der Waals surface area contributed by atoms with E-state index in [1.165, 1.54) is 12.1 Å². The Hall–Kier alpha value is -3.80. The van der Waals surface area contributed by atoms with Crippen molar-refractivity contribution in [3.05, 3.63) is 59.4 Å². The smallest absolute Gasteiger partial charge is 0.412 e. The van der Waals surface area contributed by atoms with E-state index in [2.05, 4.69) is 5.32 Å². The van der Waals surface area contributed by atoms with E-state index < -0.39 is 23.6 Å². The maximum Gasteiger partial charge on any atom is 0.412 e. The van der Waals surface area contributed by atoms with Crippen LogP contribution in [0.5, 0.6) is 5.75 Å². The normalized spacial score (nSPS) is 13.5. The highest BCUT2D eigenvalue weighted by Crippen LogP contribution is 2.31. The molecular formula is C24H26FN3O5. The van der Waals surface area contributed by atoms with Gasteiger partial charge in [-0.15, -0.1) is 0 Å². The third-order valence-corrected chi connectivity index (χ3v) is 4.75. The average molecular weight is 455 g/mol. The summed E-state index contributed by atoms with van der Waals surface area (Å²) in [5.41, 5.74) is -0.306. The first kappa shape index (κ1) is 23.9. The van der Waals surface area contributed by atoms with Gasteiger partial charge in [0.15, 0.2) is 5.82 Å². The van der Waals surface area contributed by atoms with Gasteiger partial charge in [-0.1, -0.05) is 30.3 Å². The second-order valence-electron chi connectivity index (χ2n) is 8.66. The zero-order valence-corrected chi connectivity index (χ0v) is 18.8. The van der Waals surface area contributed by atoms with Crippen LogP contribution in [-0.2, 0) is 16.1 Å². The van der Waals surface area contributed by atoms with Gasteiger partial charge in [0.25, 0.3) is 0 Å². The lowest BCUT2D eigenvalue weighted by atomic mass is 10.0. The molecule has 2 aromatic carbocycles. The molecule has 174 valence electrons. The van der Waals surface area contributed by atoms with E-state index in [0.29, 0.717) is 13.1 Å². The highest BCUT2D eigenvalue weighted by Gasteiger charge is 2.34. The molecular weight excluding hydrogens is 429 g/mol. The summed E-state index contributed by atoms with van der Waals surface area (Å²) in [7, 11) is 0. The maximum atomic E-state index is 14.8. The summed E-state index contributed by atoms with van der Waals surface area (Å²) >= 11 is 0. The molecule has 9 heteroatoms. The summed E-state index contributed by atoms with van der Waals surface area (Å²) in [5.74, 6) is -0.816. The molecule has 2 aromatic rings. The zero-order chi connectivity index (χ0) is 24.0. The van der Waals surface area contributed by atoms with Crippen molar-refractivity contribution in [1.29, 1.82) is 5.26 Å². The quantitative estimate of drug-likeness (QED) is 0.678. The Kier molecular flexibility index (Phi) is 7.38. The first-order valence-corrected chi connectivity index (χ1v) is 10.5. The Morgan fingerprint density at radius 3 is 2.52 bits per heavy atom. The van der Waals surface area contributed by atoms with Gasteiger partial charge < -0.3 is 19.1 Å². The maximum absolute atomic E-state index is 14.8. The fraction of sp³-hybridized carbons (Fsp3) is 0.375. The lowest BCUT2D eigenvalue weighted by Crippen LogP contribution is -2.53. The van der Waals surface area contributed by atoms with Gasteiger partial charge in [0.05, 0.1) is 12.2 Å². The number of likely N-dealkylation sites (tertiary alicyclic amines) is 1. The molecule has 0 aliphatic carbocycles. The summed E-state index contributed by atoms with van der Waals surface area (Å²) in [6.45, 7) is 6.47. The summed E-state index contributed by atoms with van der Waals surface area (Å²) < 4.78 is 30.9. The van der Waals surface area contributed by atoms with Crippen LogP contribution in [0.4, 0.5) is 19.7 Å². The Labute approximate surface area is 191 Å². The Morgan fingerprint density at radius 1 is 1.18 bits per heavy atom. The Bertz CT molecular complexity index is 1040. The molecule has 8 nitrogen and oxygen atoms in total. The molecule has 1 fully saturated rings. The molecule has 0 spiro atoms. The Balaban J connectivity index is 1.58. The van der Waals surface area contributed by atoms with Gasteiger partial charge in [0.1, 0.15) is 29.7 Å². The number of nitrogens with one attached hydrogen (secondary N) is 1. The number of anilines is 1. The van der Waals surface area contributed by atoms with Gasteiger partial charge >= 0.3 is 12.2 Å². The summed E-state index contributed by atoms with van der Waals surface area (Å²) in [6.07, 6.45) is -1.27. The highest BCUT2D eigenvalue weighted by atomic mass is 19.1. The average Bonchev–Trinajstić information content (AvgIpc) is 2.73. The Morgan fingerprint density at radius 2 is 1.88 bits per heavy atom. The van der Waals surface area contributed by atoms with Crippen LogP contribution in [0.25, 0.3) is 0 Å². The second-order valence-corrected chi connectivity index (χ2v) is 8.66. The number of nitriles is 1. The first-order chi connectivity index (χ1) is 15.7. The van der Waals surface area contributed by atoms with Gasteiger partial charge in [-0.3, -0.25) is 5.32 Å². The molecule has 0 unspecified atom stereocenters. The lowest BCUT2D eigenvalue weighted by Gasteiger charge is -2.39. The van der Waals surface area contributed by atoms with Crippen LogP contribution >= 0.6 is 0 Å². The molecule has 0 bridgehead atoms. The molecule has 0 radical (unpaired) electrons. The van der Waals surface area contributed by atoms with E-state index in [9.17, 15) is 14.0 Å². The van der Waals surface area contributed by atoms with Crippen LogP contribution in [0, 0.1) is 23.1 Å². The van der Waals surface area contributed by atoms with Crippen molar-refractivity contribution in [2.75, 3.05) is 25.0 Å². The molecule has 0 atom stereocenters. The number of ether oxygens (including phenoxy) is 3. The molecule has 2 amide bonds. The van der Waals surface area contributed by atoms with Gasteiger partial charge in [0.2, 0.25) is 0 Å². The molecule has 1 saturated heterocycles. The number of hydrogen-bond donors (Lipinski definition) is 1. The minimum absolute atomic E-state index is 0.00496. The highest BCUT2D eigenvalue weighted by molar-refractivity contribution is 5.87. The molecule has 0 saturated carbocycles. The van der Waals surface area contributed by atoms with E-state index in [-0.39, 0.29) is 36.1 Å². The second kappa shape index (κ2) is 10.2. The predicted octanol–water partition coefficient (Wildman–Crippen LogP) is 4.69. The fourth-order valence-electron chi connectivity index (χ4n) is 3.10. The molecule has 1 aliphatic heterocycles. The van der Waals surface area contributed by atoms with Crippen LogP contribution in [0.1, 0.15) is 31.9 Å². The van der Waals surface area contributed by atoms with Gasteiger partial charge in [0, 0.05) is 19.0 Å². The van der Waals surface area contributed by atoms with Crippen molar-refractivity contribution in [3.8, 4) is 11.8 Å². The van der Waals surface area contributed by atoms with E-state index in [4.69, 9.17) is 19.5 Å². The summed E-state index contributed by atoms with van der Waals surface area (Å²) in [6, 6.07) is 13.5. The molecule has 3 rings (SSSR count). The van der Waals surface area contributed by atoms with Crippen LogP contribution in [0.2, 0.25) is 0 Å². The van der Waals surface area contributed by atoms with E-state index in [0.717, 1.165) is 5.56 Å². The standard InChI is InChI=1S/C24H26FN3O5/c1-24(2,3)33-23(30)28-12-17(13-28)15-31-19-10-9-18(11-26)20(25)21(19)27-22(29)32-14-16-7-5-4-6-8-16/h4-10,17H,12-15H2,1-3H3,(H,27,29). The van der Waals surface area contributed by atoms with Gasteiger partial charge in [-0.25, -0.2) is 14.0 Å². The number of benzene rings is 2. The fourth-order valence-corrected chi connectivity index (χ4v) is 3.10. The van der Waals surface area contributed by atoms with Crippen LogP contribution in [0.15, 0.2) is 42.5 Å².